The van der Waals surface area contributed by atoms with E-state index in [2.05, 4.69) is 25.6 Å². The van der Waals surface area contributed by atoms with Crippen molar-refractivity contribution < 1.29 is 14.7 Å². The summed E-state index contributed by atoms with van der Waals surface area (Å²) in [6, 6.07) is 6.64. The third-order valence-electron chi connectivity index (χ3n) is 2.67. The van der Waals surface area contributed by atoms with Crippen LogP contribution in [-0.2, 0) is 4.79 Å². The zero-order valence-corrected chi connectivity index (χ0v) is 11.9. The summed E-state index contributed by atoms with van der Waals surface area (Å²) in [5, 5.41) is 21.9. The average Bonchev–Trinajstić information content (AvgIpc) is 2.55. The first kappa shape index (κ1) is 15.8. The highest BCUT2D eigenvalue weighted by atomic mass is 16.4. The van der Waals surface area contributed by atoms with Crippen LogP contribution in [0.3, 0.4) is 0 Å². The molecule has 0 bridgehead atoms. The van der Waals surface area contributed by atoms with Gasteiger partial charge in [-0.05, 0) is 18.2 Å². The number of pyridine rings is 1. The fourth-order valence-electron chi connectivity index (χ4n) is 1.65. The molecule has 0 spiro atoms. The van der Waals surface area contributed by atoms with Gasteiger partial charge in [0.25, 0.3) is 0 Å². The average molecular weight is 312 g/mol. The molecule has 9 heteroatoms. The predicted octanol–water partition coefficient (Wildman–Crippen LogP) is 1.01. The summed E-state index contributed by atoms with van der Waals surface area (Å²) >= 11 is 0. The molecule has 0 saturated carbocycles. The minimum absolute atomic E-state index is 0.0153. The molecule has 0 saturated heterocycles. The van der Waals surface area contributed by atoms with Gasteiger partial charge in [0.1, 0.15) is 17.5 Å². The van der Waals surface area contributed by atoms with Crippen molar-refractivity contribution in [3.63, 3.8) is 0 Å². The lowest BCUT2D eigenvalue weighted by Gasteiger charge is -2.06. The summed E-state index contributed by atoms with van der Waals surface area (Å²) in [7, 11) is 0. The molecule has 3 N–H and O–H groups in total. The number of amides is 2. The van der Waals surface area contributed by atoms with Crippen molar-refractivity contribution in [2.24, 2.45) is 0 Å². The second-order valence-electron chi connectivity index (χ2n) is 4.34. The van der Waals surface area contributed by atoms with Gasteiger partial charge in [-0.15, -0.1) is 0 Å². The lowest BCUT2D eigenvalue weighted by molar-refractivity contribution is -0.116. The highest BCUT2D eigenvalue weighted by Crippen LogP contribution is 2.14. The first-order valence-electron chi connectivity index (χ1n) is 6.54. The molecular weight excluding hydrogens is 300 g/mol. The maximum atomic E-state index is 11.6. The first-order valence-corrected chi connectivity index (χ1v) is 6.54. The Morgan fingerprint density at radius 1 is 1.26 bits per heavy atom. The van der Waals surface area contributed by atoms with E-state index in [0.29, 0.717) is 17.2 Å². The number of carboxylic acid groups (broad SMARTS) is 1. The molecule has 0 unspecified atom stereocenters. The second-order valence-corrected chi connectivity index (χ2v) is 4.34. The second kappa shape index (κ2) is 7.46. The predicted molar refractivity (Wildman–Crippen MR) is 79.3 cm³/mol. The Kier molecular flexibility index (Phi) is 5.14. The molecule has 116 valence electrons. The molecule has 0 aliphatic rings. The number of carbonyl (C=O) groups excluding carboxylic acids is 1. The molecule has 2 aromatic heterocycles. The van der Waals surface area contributed by atoms with Crippen molar-refractivity contribution in [2.45, 2.75) is 6.42 Å². The van der Waals surface area contributed by atoms with Crippen molar-refractivity contribution in [3.8, 4) is 17.6 Å². The monoisotopic (exact) mass is 312 g/mol. The third-order valence-corrected chi connectivity index (χ3v) is 2.67. The lowest BCUT2D eigenvalue weighted by atomic mass is 10.3. The molecule has 23 heavy (non-hydrogen) atoms. The highest BCUT2D eigenvalue weighted by molar-refractivity contribution is 5.90. The number of rotatable bonds is 5. The summed E-state index contributed by atoms with van der Waals surface area (Å²) in [5.74, 6) is -0.0244. The van der Waals surface area contributed by atoms with Crippen LogP contribution in [0, 0.1) is 11.3 Å². The Balaban J connectivity index is 1.98. The van der Waals surface area contributed by atoms with Crippen LogP contribution >= 0.6 is 0 Å². The number of nitriles is 1. The van der Waals surface area contributed by atoms with Gasteiger partial charge in [-0.1, -0.05) is 0 Å². The molecule has 2 heterocycles. The van der Waals surface area contributed by atoms with Gasteiger partial charge in [-0.25, -0.2) is 14.8 Å². The number of hydrogen-bond acceptors (Lipinski definition) is 6. The summed E-state index contributed by atoms with van der Waals surface area (Å²) in [4.78, 5) is 34.1. The smallest absolute Gasteiger partial charge is 0.404 e. The van der Waals surface area contributed by atoms with Crippen LogP contribution in [0.15, 0.2) is 30.6 Å². The van der Waals surface area contributed by atoms with Crippen LogP contribution in [-0.4, -0.2) is 38.6 Å². The van der Waals surface area contributed by atoms with Crippen LogP contribution in [0.2, 0.25) is 0 Å². The van der Waals surface area contributed by atoms with Crippen LogP contribution < -0.4 is 10.6 Å². The van der Waals surface area contributed by atoms with E-state index in [1.807, 2.05) is 6.07 Å². The number of nitrogens with zero attached hydrogens (tertiary/aromatic N) is 4. The van der Waals surface area contributed by atoms with Crippen molar-refractivity contribution in [1.82, 2.24) is 20.3 Å². The van der Waals surface area contributed by atoms with Gasteiger partial charge >= 0.3 is 6.09 Å². The summed E-state index contributed by atoms with van der Waals surface area (Å²) in [5.41, 5.74) is 1.17. The van der Waals surface area contributed by atoms with Gasteiger partial charge in [0.15, 0.2) is 5.82 Å². The lowest BCUT2D eigenvalue weighted by Crippen LogP contribution is -2.25. The van der Waals surface area contributed by atoms with Gasteiger partial charge < -0.3 is 15.7 Å². The molecule has 2 aromatic rings. The number of nitrogens with one attached hydrogen (secondary N) is 2. The van der Waals surface area contributed by atoms with Gasteiger partial charge in [0, 0.05) is 19.2 Å². The van der Waals surface area contributed by atoms with E-state index in [0.717, 1.165) is 0 Å². The first-order chi connectivity index (χ1) is 11.1. The zero-order chi connectivity index (χ0) is 16.7. The maximum absolute atomic E-state index is 11.6. The molecule has 0 aliphatic carbocycles. The Hall–Kier alpha value is -3.54. The third kappa shape index (κ3) is 4.75. The fourth-order valence-corrected chi connectivity index (χ4v) is 1.65. The normalized spacial score (nSPS) is 9.70. The minimum atomic E-state index is -1.18. The summed E-state index contributed by atoms with van der Waals surface area (Å²) < 4.78 is 0. The summed E-state index contributed by atoms with van der Waals surface area (Å²) in [6.45, 7) is 0.0292. The Bertz CT molecular complexity index is 754. The molecule has 0 radical (unpaired) electrons. The van der Waals surface area contributed by atoms with Gasteiger partial charge in [-0.2, -0.15) is 5.26 Å². The standard InChI is InChI=1S/C14H12N6O3/c15-7-9-3-5-16-13(20-9)11-2-1-10(8-18-11)19-12(21)4-6-17-14(22)23/h1-3,5,8,17H,4,6H2,(H,19,21)(H,22,23). The van der Waals surface area contributed by atoms with E-state index in [9.17, 15) is 9.59 Å². The van der Waals surface area contributed by atoms with E-state index in [4.69, 9.17) is 10.4 Å². The topological polar surface area (TPSA) is 141 Å². The van der Waals surface area contributed by atoms with Gasteiger partial charge in [-0.3, -0.25) is 9.78 Å². The van der Waals surface area contributed by atoms with Crippen LogP contribution in [0.1, 0.15) is 12.1 Å². The molecule has 0 aromatic carbocycles. The molecule has 0 aliphatic heterocycles. The minimum Gasteiger partial charge on any atom is -0.465 e. The number of anilines is 1. The van der Waals surface area contributed by atoms with Crippen molar-refractivity contribution in [1.29, 1.82) is 5.26 Å². The maximum Gasteiger partial charge on any atom is 0.404 e. The van der Waals surface area contributed by atoms with Gasteiger partial charge in [0.2, 0.25) is 5.91 Å². The van der Waals surface area contributed by atoms with E-state index in [-0.39, 0.29) is 24.6 Å². The van der Waals surface area contributed by atoms with Crippen LogP contribution in [0.25, 0.3) is 11.5 Å². The largest absolute Gasteiger partial charge is 0.465 e. The van der Waals surface area contributed by atoms with Crippen LogP contribution in [0.5, 0.6) is 0 Å². The van der Waals surface area contributed by atoms with E-state index < -0.39 is 6.09 Å². The van der Waals surface area contributed by atoms with Crippen molar-refractivity contribution >= 4 is 17.7 Å². The fraction of sp³-hybridized carbons (Fsp3) is 0.143. The van der Waals surface area contributed by atoms with Crippen molar-refractivity contribution in [3.05, 3.63) is 36.3 Å². The Morgan fingerprint density at radius 3 is 2.74 bits per heavy atom. The Labute approximate surface area is 131 Å². The summed E-state index contributed by atoms with van der Waals surface area (Å²) in [6.07, 6.45) is 1.73. The zero-order valence-electron chi connectivity index (χ0n) is 11.9. The quantitative estimate of drug-likeness (QED) is 0.748. The molecular formula is C14H12N6O3. The van der Waals surface area contributed by atoms with Crippen LogP contribution in [0.4, 0.5) is 10.5 Å². The molecule has 9 nitrogen and oxygen atoms in total. The molecule has 2 rings (SSSR count). The number of carbonyl (C=O) groups is 2. The molecule has 2 amide bonds. The highest BCUT2D eigenvalue weighted by Gasteiger charge is 2.07. The van der Waals surface area contributed by atoms with E-state index >= 15 is 0 Å². The number of aromatic nitrogens is 3. The Morgan fingerprint density at radius 2 is 2.09 bits per heavy atom. The number of hydrogen-bond donors (Lipinski definition) is 3. The van der Waals surface area contributed by atoms with E-state index in [1.165, 1.54) is 18.5 Å². The molecule has 0 fully saturated rings. The van der Waals surface area contributed by atoms with Crippen molar-refractivity contribution in [2.75, 3.05) is 11.9 Å². The molecule has 0 atom stereocenters. The SMILES string of the molecule is N#Cc1ccnc(-c2ccc(NC(=O)CCNC(=O)O)cn2)n1. The van der Waals surface area contributed by atoms with Gasteiger partial charge in [0.05, 0.1) is 11.9 Å². The van der Waals surface area contributed by atoms with E-state index in [1.54, 1.807) is 12.1 Å².